The predicted molar refractivity (Wildman–Crippen MR) is 94.4 cm³/mol. The topological polar surface area (TPSA) is 83.8 Å². The van der Waals surface area contributed by atoms with Gasteiger partial charge in [-0.05, 0) is 57.4 Å². The van der Waals surface area contributed by atoms with E-state index in [-0.39, 0.29) is 12.6 Å². The highest BCUT2D eigenvalue weighted by atomic mass is 16.5. The molecule has 0 radical (unpaired) electrons. The monoisotopic (exact) mass is 345 g/mol. The molecule has 0 bridgehead atoms. The maximum absolute atomic E-state index is 12.0. The van der Waals surface area contributed by atoms with Crippen molar-refractivity contribution in [3.8, 4) is 5.75 Å². The van der Waals surface area contributed by atoms with Crippen molar-refractivity contribution < 1.29 is 18.7 Å². The SMILES string of the molecule is CCOc1ccc(NC(=O)C(=O)NC[C@@H](c2ccco2)N(C)C)cc1. The van der Waals surface area contributed by atoms with Gasteiger partial charge in [0, 0.05) is 12.2 Å². The summed E-state index contributed by atoms with van der Waals surface area (Å²) in [4.78, 5) is 25.9. The number of hydrogen-bond donors (Lipinski definition) is 2. The van der Waals surface area contributed by atoms with Gasteiger partial charge < -0.3 is 19.8 Å². The molecule has 0 unspecified atom stereocenters. The fourth-order valence-electron chi connectivity index (χ4n) is 2.28. The molecule has 2 rings (SSSR count). The van der Waals surface area contributed by atoms with Crippen LogP contribution in [0.1, 0.15) is 18.7 Å². The lowest BCUT2D eigenvalue weighted by atomic mass is 10.2. The highest BCUT2D eigenvalue weighted by Gasteiger charge is 2.20. The summed E-state index contributed by atoms with van der Waals surface area (Å²) in [6.07, 6.45) is 1.58. The minimum Gasteiger partial charge on any atom is -0.494 e. The number of rotatable bonds is 7. The molecule has 0 fully saturated rings. The van der Waals surface area contributed by atoms with E-state index in [1.54, 1.807) is 36.6 Å². The van der Waals surface area contributed by atoms with E-state index < -0.39 is 11.8 Å². The number of carbonyl (C=O) groups excluding carboxylic acids is 2. The van der Waals surface area contributed by atoms with Crippen molar-refractivity contribution in [2.75, 3.05) is 32.6 Å². The zero-order chi connectivity index (χ0) is 18.2. The Labute approximate surface area is 146 Å². The highest BCUT2D eigenvalue weighted by Crippen LogP contribution is 2.18. The van der Waals surface area contributed by atoms with Gasteiger partial charge in [-0.1, -0.05) is 0 Å². The van der Waals surface area contributed by atoms with E-state index in [0.29, 0.717) is 18.0 Å². The maximum Gasteiger partial charge on any atom is 0.313 e. The summed E-state index contributed by atoms with van der Waals surface area (Å²) >= 11 is 0. The van der Waals surface area contributed by atoms with Gasteiger partial charge in [-0.15, -0.1) is 0 Å². The summed E-state index contributed by atoms with van der Waals surface area (Å²) in [5, 5.41) is 5.18. The number of hydrogen-bond acceptors (Lipinski definition) is 5. The number of nitrogens with zero attached hydrogens (tertiary/aromatic N) is 1. The second-order valence-corrected chi connectivity index (χ2v) is 5.62. The second kappa shape index (κ2) is 8.89. The van der Waals surface area contributed by atoms with E-state index in [1.807, 2.05) is 32.0 Å². The van der Waals surface area contributed by atoms with Gasteiger partial charge in [0.25, 0.3) is 0 Å². The average molecular weight is 345 g/mol. The fourth-order valence-corrected chi connectivity index (χ4v) is 2.28. The Morgan fingerprint density at radius 2 is 1.88 bits per heavy atom. The largest absolute Gasteiger partial charge is 0.494 e. The van der Waals surface area contributed by atoms with Gasteiger partial charge in [0.15, 0.2) is 0 Å². The Balaban J connectivity index is 1.88. The van der Waals surface area contributed by atoms with Gasteiger partial charge in [-0.25, -0.2) is 0 Å². The Morgan fingerprint density at radius 3 is 2.44 bits per heavy atom. The normalized spacial score (nSPS) is 11.8. The van der Waals surface area contributed by atoms with Crippen LogP contribution in [0.5, 0.6) is 5.75 Å². The van der Waals surface area contributed by atoms with E-state index in [1.165, 1.54) is 0 Å². The molecule has 0 aliphatic heterocycles. The predicted octanol–water partition coefficient (Wildman–Crippen LogP) is 2.04. The first-order valence-corrected chi connectivity index (χ1v) is 8.03. The molecule has 1 aromatic carbocycles. The number of nitrogens with one attached hydrogen (secondary N) is 2. The lowest BCUT2D eigenvalue weighted by Gasteiger charge is -2.22. The van der Waals surface area contributed by atoms with Crippen LogP contribution in [0.3, 0.4) is 0 Å². The summed E-state index contributed by atoms with van der Waals surface area (Å²) < 4.78 is 10.7. The standard InChI is InChI=1S/C18H23N3O4/c1-4-24-14-9-7-13(8-10-14)20-18(23)17(22)19-12-15(21(2)3)16-6-5-11-25-16/h5-11,15H,4,12H2,1-3H3,(H,19,22)(H,20,23)/t15-/m0/s1. The first-order chi connectivity index (χ1) is 12.0. The molecule has 2 aromatic rings. The zero-order valence-corrected chi connectivity index (χ0v) is 14.6. The number of amides is 2. The van der Waals surface area contributed by atoms with E-state index >= 15 is 0 Å². The highest BCUT2D eigenvalue weighted by molar-refractivity contribution is 6.39. The molecule has 1 aromatic heterocycles. The van der Waals surface area contributed by atoms with Crippen LogP contribution in [0, 0.1) is 0 Å². The Hall–Kier alpha value is -2.80. The summed E-state index contributed by atoms with van der Waals surface area (Å²) in [7, 11) is 3.75. The first kappa shape index (κ1) is 18.5. The van der Waals surface area contributed by atoms with E-state index in [4.69, 9.17) is 9.15 Å². The minimum atomic E-state index is -0.721. The van der Waals surface area contributed by atoms with Crippen LogP contribution >= 0.6 is 0 Å². The van der Waals surface area contributed by atoms with E-state index in [2.05, 4.69) is 10.6 Å². The number of benzene rings is 1. The van der Waals surface area contributed by atoms with Gasteiger partial charge >= 0.3 is 11.8 Å². The van der Waals surface area contributed by atoms with Crippen LogP contribution in [0.2, 0.25) is 0 Å². The number of anilines is 1. The molecule has 0 aliphatic rings. The molecule has 0 saturated heterocycles. The maximum atomic E-state index is 12.0. The molecule has 1 atom stereocenters. The van der Waals surface area contributed by atoms with Crippen molar-refractivity contribution in [3.63, 3.8) is 0 Å². The molecule has 25 heavy (non-hydrogen) atoms. The van der Waals surface area contributed by atoms with Crippen LogP contribution < -0.4 is 15.4 Å². The third-order valence-electron chi connectivity index (χ3n) is 3.58. The van der Waals surface area contributed by atoms with Crippen molar-refractivity contribution >= 4 is 17.5 Å². The third-order valence-corrected chi connectivity index (χ3v) is 3.58. The second-order valence-electron chi connectivity index (χ2n) is 5.62. The van der Waals surface area contributed by atoms with E-state index in [0.717, 1.165) is 5.76 Å². The van der Waals surface area contributed by atoms with Crippen molar-refractivity contribution in [1.82, 2.24) is 10.2 Å². The molecule has 7 heteroatoms. The van der Waals surface area contributed by atoms with Crippen LogP contribution in [0.4, 0.5) is 5.69 Å². The Kier molecular flexibility index (Phi) is 6.59. The molecule has 0 saturated carbocycles. The molecular weight excluding hydrogens is 322 g/mol. The van der Waals surface area contributed by atoms with Crippen molar-refractivity contribution in [1.29, 1.82) is 0 Å². The summed E-state index contributed by atoms with van der Waals surface area (Å²) in [6.45, 7) is 2.72. The summed E-state index contributed by atoms with van der Waals surface area (Å²) in [6, 6.07) is 10.3. The number of furan rings is 1. The molecule has 2 N–H and O–H groups in total. The molecule has 7 nitrogen and oxygen atoms in total. The summed E-state index contributed by atoms with van der Waals surface area (Å²) in [5.74, 6) is 0.00264. The van der Waals surface area contributed by atoms with Gasteiger partial charge in [-0.3, -0.25) is 14.5 Å². The minimum absolute atomic E-state index is 0.155. The fraction of sp³-hybridized carbons (Fsp3) is 0.333. The van der Waals surface area contributed by atoms with Crippen LogP contribution in [0.25, 0.3) is 0 Å². The third kappa shape index (κ3) is 5.36. The summed E-state index contributed by atoms with van der Waals surface area (Å²) in [5.41, 5.74) is 0.527. The van der Waals surface area contributed by atoms with Crippen LogP contribution in [-0.2, 0) is 9.59 Å². The smallest absolute Gasteiger partial charge is 0.313 e. The lowest BCUT2D eigenvalue weighted by Crippen LogP contribution is -2.40. The van der Waals surface area contributed by atoms with Crippen molar-refractivity contribution in [3.05, 3.63) is 48.4 Å². The molecule has 0 spiro atoms. The molecular formula is C18H23N3O4. The van der Waals surface area contributed by atoms with Gasteiger partial charge in [-0.2, -0.15) is 0 Å². The number of likely N-dealkylation sites (N-methyl/N-ethyl adjacent to an activating group) is 1. The number of ether oxygens (including phenoxy) is 1. The van der Waals surface area contributed by atoms with Crippen molar-refractivity contribution in [2.45, 2.75) is 13.0 Å². The molecule has 2 amide bonds. The Morgan fingerprint density at radius 1 is 1.16 bits per heavy atom. The molecule has 1 heterocycles. The van der Waals surface area contributed by atoms with Gasteiger partial charge in [0.2, 0.25) is 0 Å². The van der Waals surface area contributed by atoms with E-state index in [9.17, 15) is 9.59 Å². The Bertz CT molecular complexity index is 681. The lowest BCUT2D eigenvalue weighted by molar-refractivity contribution is -0.136. The quantitative estimate of drug-likeness (QED) is 0.750. The van der Waals surface area contributed by atoms with Crippen LogP contribution in [0.15, 0.2) is 47.1 Å². The van der Waals surface area contributed by atoms with Gasteiger partial charge in [0.05, 0.1) is 18.9 Å². The first-order valence-electron chi connectivity index (χ1n) is 8.03. The van der Waals surface area contributed by atoms with Crippen molar-refractivity contribution in [2.24, 2.45) is 0 Å². The molecule has 0 aliphatic carbocycles. The van der Waals surface area contributed by atoms with Gasteiger partial charge in [0.1, 0.15) is 11.5 Å². The number of carbonyl (C=O) groups is 2. The van der Waals surface area contributed by atoms with Crippen LogP contribution in [-0.4, -0.2) is 44.0 Å². The average Bonchev–Trinajstić information content (AvgIpc) is 3.10. The molecule has 134 valence electrons. The zero-order valence-electron chi connectivity index (χ0n) is 14.6.